The Hall–Kier alpha value is -0.730. The lowest BCUT2D eigenvalue weighted by atomic mass is 9.83. The van der Waals surface area contributed by atoms with Gasteiger partial charge in [-0.15, -0.1) is 0 Å². The molecule has 0 atom stereocenters. The van der Waals surface area contributed by atoms with E-state index in [2.05, 4.69) is 33.0 Å². The highest BCUT2D eigenvalue weighted by molar-refractivity contribution is 6.30. The van der Waals surface area contributed by atoms with Crippen LogP contribution in [0, 0.1) is 0 Å². The molecule has 96 valence electrons. The van der Waals surface area contributed by atoms with Gasteiger partial charge in [0.25, 0.3) is 0 Å². The van der Waals surface area contributed by atoms with Crippen molar-refractivity contribution in [3.8, 4) is 5.75 Å². The average Bonchev–Trinajstić information content (AvgIpc) is 2.26. The molecule has 0 aliphatic rings. The van der Waals surface area contributed by atoms with E-state index in [1.165, 1.54) is 0 Å². The fraction of sp³-hybridized carbons (Fsp3) is 0.571. The molecule has 0 amide bonds. The third-order valence-corrected chi connectivity index (χ3v) is 3.08. The molecule has 1 N–H and O–H groups in total. The number of benzene rings is 1. The van der Waals surface area contributed by atoms with Crippen LogP contribution in [-0.2, 0) is 5.41 Å². The van der Waals surface area contributed by atoms with Crippen molar-refractivity contribution >= 4 is 11.6 Å². The first-order chi connectivity index (χ1) is 7.86. The molecule has 0 unspecified atom stereocenters. The van der Waals surface area contributed by atoms with Crippen molar-refractivity contribution in [1.82, 2.24) is 5.32 Å². The molecular weight excluding hydrogens is 234 g/mol. The predicted molar refractivity (Wildman–Crippen MR) is 74.2 cm³/mol. The number of rotatable bonds is 5. The van der Waals surface area contributed by atoms with Gasteiger partial charge in [-0.05, 0) is 18.2 Å². The number of methoxy groups -OCH3 is 1. The van der Waals surface area contributed by atoms with Gasteiger partial charge in [0.2, 0.25) is 0 Å². The molecule has 0 radical (unpaired) electrons. The van der Waals surface area contributed by atoms with Crippen molar-refractivity contribution in [2.75, 3.05) is 13.7 Å². The van der Waals surface area contributed by atoms with Crippen molar-refractivity contribution in [3.05, 3.63) is 28.8 Å². The van der Waals surface area contributed by atoms with E-state index < -0.39 is 0 Å². The third kappa shape index (κ3) is 3.90. The van der Waals surface area contributed by atoms with E-state index >= 15 is 0 Å². The largest absolute Gasteiger partial charge is 0.496 e. The first-order valence-electron chi connectivity index (χ1n) is 5.94. The van der Waals surface area contributed by atoms with Gasteiger partial charge in [-0.1, -0.05) is 39.3 Å². The molecule has 0 aromatic heterocycles. The second kappa shape index (κ2) is 5.74. The summed E-state index contributed by atoms with van der Waals surface area (Å²) < 4.78 is 5.41. The minimum absolute atomic E-state index is 0.0134. The van der Waals surface area contributed by atoms with Crippen LogP contribution >= 0.6 is 11.6 Å². The fourth-order valence-corrected chi connectivity index (χ4v) is 1.94. The van der Waals surface area contributed by atoms with Gasteiger partial charge in [-0.25, -0.2) is 0 Å². The Labute approximate surface area is 109 Å². The molecule has 0 saturated heterocycles. The molecule has 0 fully saturated rings. The number of halogens is 1. The predicted octanol–water partition coefficient (Wildman–Crippen LogP) is 3.62. The lowest BCUT2D eigenvalue weighted by Gasteiger charge is -2.28. The van der Waals surface area contributed by atoms with Crippen molar-refractivity contribution in [2.24, 2.45) is 0 Å². The lowest BCUT2D eigenvalue weighted by molar-refractivity contribution is 0.380. The van der Waals surface area contributed by atoms with Crippen LogP contribution in [0.3, 0.4) is 0 Å². The van der Waals surface area contributed by atoms with Gasteiger partial charge >= 0.3 is 0 Å². The monoisotopic (exact) mass is 255 g/mol. The van der Waals surface area contributed by atoms with Gasteiger partial charge in [-0.2, -0.15) is 0 Å². The van der Waals surface area contributed by atoms with Crippen molar-refractivity contribution < 1.29 is 4.74 Å². The molecule has 2 nitrogen and oxygen atoms in total. The molecule has 0 heterocycles. The third-order valence-electron chi connectivity index (χ3n) is 2.84. The maximum absolute atomic E-state index is 6.07. The number of ether oxygens (including phenoxy) is 1. The molecule has 0 spiro atoms. The van der Waals surface area contributed by atoms with E-state index in [0.29, 0.717) is 6.04 Å². The van der Waals surface area contributed by atoms with E-state index in [1.54, 1.807) is 7.11 Å². The van der Waals surface area contributed by atoms with Crippen LogP contribution in [0.2, 0.25) is 5.02 Å². The summed E-state index contributed by atoms with van der Waals surface area (Å²) in [7, 11) is 1.69. The van der Waals surface area contributed by atoms with Gasteiger partial charge in [-0.3, -0.25) is 0 Å². The number of hydrogen-bond acceptors (Lipinski definition) is 2. The zero-order valence-electron chi connectivity index (χ0n) is 11.3. The zero-order valence-corrected chi connectivity index (χ0v) is 12.1. The quantitative estimate of drug-likeness (QED) is 0.868. The number of hydrogen-bond donors (Lipinski definition) is 1. The Bertz CT molecular complexity index is 374. The summed E-state index contributed by atoms with van der Waals surface area (Å²) in [6.45, 7) is 9.56. The van der Waals surface area contributed by atoms with E-state index in [4.69, 9.17) is 16.3 Å². The summed E-state index contributed by atoms with van der Waals surface area (Å²) in [4.78, 5) is 0. The lowest BCUT2D eigenvalue weighted by Crippen LogP contribution is -2.36. The molecule has 1 aromatic carbocycles. The minimum atomic E-state index is -0.0134. The Morgan fingerprint density at radius 2 is 2.00 bits per heavy atom. The second-order valence-electron chi connectivity index (χ2n) is 5.26. The second-order valence-corrected chi connectivity index (χ2v) is 5.70. The van der Waals surface area contributed by atoms with Crippen LogP contribution in [-0.4, -0.2) is 19.7 Å². The van der Waals surface area contributed by atoms with Crippen molar-refractivity contribution in [2.45, 2.75) is 39.2 Å². The molecule has 3 heteroatoms. The molecular formula is C14H22ClNO. The van der Waals surface area contributed by atoms with Crippen LogP contribution in [0.1, 0.15) is 33.3 Å². The summed E-state index contributed by atoms with van der Waals surface area (Å²) in [5, 5.41) is 4.20. The topological polar surface area (TPSA) is 21.3 Å². The van der Waals surface area contributed by atoms with E-state index in [-0.39, 0.29) is 5.41 Å². The van der Waals surface area contributed by atoms with Gasteiger partial charge in [0.15, 0.2) is 0 Å². The molecule has 0 saturated carbocycles. The Kier molecular flexibility index (Phi) is 4.84. The van der Waals surface area contributed by atoms with Crippen LogP contribution in [0.25, 0.3) is 0 Å². The maximum Gasteiger partial charge on any atom is 0.122 e. The Balaban J connectivity index is 2.99. The standard InChI is InChI=1S/C14H22ClNO/c1-10(2)16-9-14(3,4)12-8-11(15)6-7-13(12)17-5/h6-8,10,16H,9H2,1-5H3. The highest BCUT2D eigenvalue weighted by Crippen LogP contribution is 2.33. The molecule has 1 aromatic rings. The van der Waals surface area contributed by atoms with Gasteiger partial charge < -0.3 is 10.1 Å². The average molecular weight is 256 g/mol. The number of nitrogens with one attached hydrogen (secondary N) is 1. The molecule has 0 bridgehead atoms. The smallest absolute Gasteiger partial charge is 0.122 e. The maximum atomic E-state index is 6.07. The summed E-state index contributed by atoms with van der Waals surface area (Å²) in [6.07, 6.45) is 0. The summed E-state index contributed by atoms with van der Waals surface area (Å²) in [5.74, 6) is 0.893. The van der Waals surface area contributed by atoms with E-state index in [9.17, 15) is 0 Å². The van der Waals surface area contributed by atoms with E-state index in [1.807, 2.05) is 18.2 Å². The fourth-order valence-electron chi connectivity index (χ4n) is 1.76. The highest BCUT2D eigenvalue weighted by atomic mass is 35.5. The molecule has 0 aliphatic heterocycles. The first-order valence-corrected chi connectivity index (χ1v) is 6.32. The Morgan fingerprint density at radius 1 is 1.35 bits per heavy atom. The van der Waals surface area contributed by atoms with Gasteiger partial charge in [0.05, 0.1) is 7.11 Å². The van der Waals surface area contributed by atoms with Gasteiger partial charge in [0.1, 0.15) is 5.75 Å². The highest BCUT2D eigenvalue weighted by Gasteiger charge is 2.24. The molecule has 17 heavy (non-hydrogen) atoms. The summed E-state index contributed by atoms with van der Waals surface area (Å²) in [5.41, 5.74) is 1.13. The van der Waals surface area contributed by atoms with E-state index in [0.717, 1.165) is 22.9 Å². The van der Waals surface area contributed by atoms with Crippen molar-refractivity contribution in [3.63, 3.8) is 0 Å². The molecule has 0 aliphatic carbocycles. The first kappa shape index (κ1) is 14.3. The van der Waals surface area contributed by atoms with Crippen LogP contribution in [0.5, 0.6) is 5.75 Å². The summed E-state index contributed by atoms with van der Waals surface area (Å²) >= 11 is 6.07. The molecule has 1 rings (SSSR count). The zero-order chi connectivity index (χ0) is 13.1. The van der Waals surface area contributed by atoms with Crippen LogP contribution in [0.4, 0.5) is 0 Å². The van der Waals surface area contributed by atoms with Crippen molar-refractivity contribution in [1.29, 1.82) is 0 Å². The summed E-state index contributed by atoms with van der Waals surface area (Å²) in [6, 6.07) is 6.24. The van der Waals surface area contributed by atoms with Gasteiger partial charge in [0, 0.05) is 28.6 Å². The van der Waals surface area contributed by atoms with Crippen LogP contribution in [0.15, 0.2) is 18.2 Å². The SMILES string of the molecule is COc1ccc(Cl)cc1C(C)(C)CNC(C)C. The van der Waals surface area contributed by atoms with Crippen LogP contribution < -0.4 is 10.1 Å². The normalized spacial score (nSPS) is 11.9. The minimum Gasteiger partial charge on any atom is -0.496 e. The Morgan fingerprint density at radius 3 is 2.53 bits per heavy atom.